The third-order valence-corrected chi connectivity index (χ3v) is 7.57. The molecule has 2 heterocycles. The van der Waals surface area contributed by atoms with Crippen molar-refractivity contribution in [2.75, 3.05) is 13.1 Å². The van der Waals surface area contributed by atoms with Crippen LogP contribution in [0.3, 0.4) is 0 Å². The molecule has 32 heavy (non-hydrogen) atoms. The minimum Gasteiger partial charge on any atom is -0.352 e. The molecular formula is C22H26FN5O3S. The largest absolute Gasteiger partial charge is 0.352 e. The number of sulfonamides is 1. The number of nitrogens with zero attached hydrogens (tertiary/aromatic N) is 4. The van der Waals surface area contributed by atoms with E-state index in [2.05, 4.69) is 15.6 Å². The Balaban J connectivity index is 1.46. The smallest absolute Gasteiger partial charge is 0.243 e. The molecule has 1 fully saturated rings. The first-order chi connectivity index (χ1) is 15.3. The van der Waals surface area contributed by atoms with Crippen LogP contribution in [0.15, 0.2) is 47.4 Å². The van der Waals surface area contributed by atoms with E-state index in [0.717, 1.165) is 11.1 Å². The lowest BCUT2D eigenvalue weighted by atomic mass is 9.99. The van der Waals surface area contributed by atoms with Gasteiger partial charge in [-0.15, -0.1) is 5.10 Å². The molecule has 0 spiro atoms. The number of hydrogen-bond donors (Lipinski definition) is 1. The van der Waals surface area contributed by atoms with Crippen LogP contribution in [-0.2, 0) is 21.4 Å². The molecule has 1 aromatic heterocycles. The molecule has 1 N–H and O–H groups in total. The molecular weight excluding hydrogens is 433 g/mol. The molecule has 0 radical (unpaired) electrons. The Morgan fingerprint density at radius 3 is 2.69 bits per heavy atom. The van der Waals surface area contributed by atoms with Crippen molar-refractivity contribution < 1.29 is 17.6 Å². The number of amides is 1. The molecule has 1 aliphatic heterocycles. The fraction of sp³-hybridized carbons (Fsp3) is 0.409. The molecule has 2 aromatic carbocycles. The van der Waals surface area contributed by atoms with Gasteiger partial charge in [-0.1, -0.05) is 17.3 Å². The Kier molecular flexibility index (Phi) is 6.25. The fourth-order valence-corrected chi connectivity index (χ4v) is 5.47. The van der Waals surface area contributed by atoms with E-state index in [-0.39, 0.29) is 35.8 Å². The van der Waals surface area contributed by atoms with Crippen molar-refractivity contribution in [3.8, 4) is 0 Å². The Morgan fingerprint density at radius 2 is 1.97 bits per heavy atom. The summed E-state index contributed by atoms with van der Waals surface area (Å²) in [5.74, 6) is -0.979. The molecule has 10 heteroatoms. The topological polar surface area (TPSA) is 97.2 Å². The van der Waals surface area contributed by atoms with Gasteiger partial charge in [0.1, 0.15) is 11.3 Å². The lowest BCUT2D eigenvalue weighted by molar-refractivity contribution is -0.126. The van der Waals surface area contributed by atoms with Gasteiger partial charge in [-0.25, -0.2) is 17.5 Å². The molecule has 1 aliphatic rings. The number of nitrogens with one attached hydrogen (secondary N) is 1. The van der Waals surface area contributed by atoms with Gasteiger partial charge in [-0.05, 0) is 62.6 Å². The van der Waals surface area contributed by atoms with E-state index in [1.165, 1.54) is 22.5 Å². The summed E-state index contributed by atoms with van der Waals surface area (Å²) in [4.78, 5) is 12.8. The first kappa shape index (κ1) is 22.3. The summed E-state index contributed by atoms with van der Waals surface area (Å²) < 4.78 is 42.7. The maximum atomic E-state index is 13.3. The van der Waals surface area contributed by atoms with Crippen molar-refractivity contribution in [1.29, 1.82) is 0 Å². The van der Waals surface area contributed by atoms with E-state index in [1.54, 1.807) is 28.9 Å². The van der Waals surface area contributed by atoms with Gasteiger partial charge >= 0.3 is 0 Å². The highest BCUT2D eigenvalue weighted by atomic mass is 32.2. The number of halogens is 1. The average Bonchev–Trinajstić information content (AvgIpc) is 3.22. The highest BCUT2D eigenvalue weighted by Gasteiger charge is 2.33. The van der Waals surface area contributed by atoms with Crippen LogP contribution >= 0.6 is 0 Å². The normalized spacial score (nSPS) is 17.7. The van der Waals surface area contributed by atoms with Crippen LogP contribution in [0, 0.1) is 11.7 Å². The molecule has 0 bridgehead atoms. The van der Waals surface area contributed by atoms with E-state index in [4.69, 9.17) is 0 Å². The van der Waals surface area contributed by atoms with Gasteiger partial charge in [0, 0.05) is 25.7 Å². The Labute approximate surface area is 186 Å². The highest BCUT2D eigenvalue weighted by molar-refractivity contribution is 7.89. The van der Waals surface area contributed by atoms with Crippen LogP contribution in [0.5, 0.6) is 0 Å². The summed E-state index contributed by atoms with van der Waals surface area (Å²) in [6, 6.07) is 10.8. The summed E-state index contributed by atoms with van der Waals surface area (Å²) in [5, 5.41) is 11.0. The average molecular weight is 460 g/mol. The Bertz CT molecular complexity index is 1220. The molecule has 1 saturated heterocycles. The number of fused-ring (bicyclic) bond motifs is 1. The summed E-state index contributed by atoms with van der Waals surface area (Å²) in [5.41, 5.74) is 2.07. The second kappa shape index (κ2) is 8.95. The second-order valence-electron chi connectivity index (χ2n) is 8.32. The summed E-state index contributed by atoms with van der Waals surface area (Å²) in [7, 11) is -3.77. The number of carbonyl (C=O) groups is 1. The zero-order valence-corrected chi connectivity index (χ0v) is 18.8. The zero-order valence-electron chi connectivity index (χ0n) is 18.0. The van der Waals surface area contributed by atoms with Crippen LogP contribution in [0.25, 0.3) is 11.0 Å². The van der Waals surface area contributed by atoms with Crippen molar-refractivity contribution >= 4 is 27.0 Å². The molecule has 3 aromatic rings. The second-order valence-corrected chi connectivity index (χ2v) is 10.3. The molecule has 0 saturated carbocycles. The third kappa shape index (κ3) is 4.51. The molecule has 4 rings (SSSR count). The Hall–Kier alpha value is -2.85. The Morgan fingerprint density at radius 1 is 1.22 bits per heavy atom. The van der Waals surface area contributed by atoms with E-state index < -0.39 is 15.9 Å². The van der Waals surface area contributed by atoms with E-state index in [1.807, 2.05) is 13.8 Å². The summed E-state index contributed by atoms with van der Waals surface area (Å²) in [6.45, 7) is 4.71. The zero-order chi connectivity index (χ0) is 22.9. The van der Waals surface area contributed by atoms with E-state index in [0.29, 0.717) is 24.9 Å². The maximum Gasteiger partial charge on any atom is 0.243 e. The van der Waals surface area contributed by atoms with Crippen molar-refractivity contribution in [3.05, 3.63) is 53.8 Å². The van der Waals surface area contributed by atoms with Crippen LogP contribution in [0.4, 0.5) is 4.39 Å². The minimum absolute atomic E-state index is 0.110. The quantitative estimate of drug-likeness (QED) is 0.611. The predicted octanol–water partition coefficient (Wildman–Crippen LogP) is 2.87. The number of carbonyl (C=O) groups excluding carboxylic acids is 1. The van der Waals surface area contributed by atoms with Crippen LogP contribution in [0.2, 0.25) is 0 Å². The SMILES string of the molecule is CC(C)n1nnc2cc(S(=O)(=O)N3CCC[C@H](C(=O)NCc4ccc(F)cc4)C3)ccc21. The lowest BCUT2D eigenvalue weighted by Gasteiger charge is -2.31. The summed E-state index contributed by atoms with van der Waals surface area (Å²) >= 11 is 0. The first-order valence-electron chi connectivity index (χ1n) is 10.6. The van der Waals surface area contributed by atoms with Gasteiger partial charge < -0.3 is 5.32 Å². The minimum atomic E-state index is -3.77. The van der Waals surface area contributed by atoms with E-state index in [9.17, 15) is 17.6 Å². The van der Waals surface area contributed by atoms with Gasteiger partial charge in [0.15, 0.2) is 0 Å². The van der Waals surface area contributed by atoms with E-state index >= 15 is 0 Å². The van der Waals surface area contributed by atoms with Crippen molar-refractivity contribution in [1.82, 2.24) is 24.6 Å². The first-order valence-corrected chi connectivity index (χ1v) is 12.1. The predicted molar refractivity (Wildman–Crippen MR) is 118 cm³/mol. The monoisotopic (exact) mass is 459 g/mol. The van der Waals surface area contributed by atoms with Gasteiger partial charge in [0.2, 0.25) is 15.9 Å². The lowest BCUT2D eigenvalue weighted by Crippen LogP contribution is -2.45. The molecule has 1 atom stereocenters. The molecule has 1 amide bonds. The van der Waals surface area contributed by atoms with Gasteiger partial charge in [0.05, 0.1) is 16.3 Å². The van der Waals surface area contributed by atoms with Gasteiger partial charge in [-0.3, -0.25) is 4.79 Å². The van der Waals surface area contributed by atoms with Gasteiger partial charge in [0.25, 0.3) is 0 Å². The maximum absolute atomic E-state index is 13.3. The molecule has 0 aliphatic carbocycles. The molecule has 170 valence electrons. The van der Waals surface area contributed by atoms with Crippen molar-refractivity contribution in [2.45, 2.75) is 44.2 Å². The van der Waals surface area contributed by atoms with Crippen LogP contribution in [0.1, 0.15) is 38.3 Å². The van der Waals surface area contributed by atoms with Crippen molar-refractivity contribution in [3.63, 3.8) is 0 Å². The molecule has 0 unspecified atom stereocenters. The number of benzene rings is 2. The number of hydrogen-bond acceptors (Lipinski definition) is 5. The van der Waals surface area contributed by atoms with Crippen LogP contribution in [-0.4, -0.2) is 46.7 Å². The molecule has 8 nitrogen and oxygen atoms in total. The standard InChI is InChI=1S/C22H26FN5O3S/c1-15(2)28-21-10-9-19(12-20(21)25-26-28)32(30,31)27-11-3-4-17(14-27)22(29)24-13-16-5-7-18(23)8-6-16/h5-10,12,15,17H,3-4,11,13-14H2,1-2H3,(H,24,29)/t17-/m0/s1. The number of rotatable bonds is 6. The number of piperidine rings is 1. The highest BCUT2D eigenvalue weighted by Crippen LogP contribution is 2.26. The third-order valence-electron chi connectivity index (χ3n) is 5.70. The fourth-order valence-electron chi connectivity index (χ4n) is 3.92. The van der Waals surface area contributed by atoms with Crippen LogP contribution < -0.4 is 5.32 Å². The van der Waals surface area contributed by atoms with Gasteiger partial charge in [-0.2, -0.15) is 4.31 Å². The van der Waals surface area contributed by atoms with Crippen molar-refractivity contribution in [2.24, 2.45) is 5.92 Å². The number of aromatic nitrogens is 3. The summed E-state index contributed by atoms with van der Waals surface area (Å²) in [6.07, 6.45) is 1.21.